The Morgan fingerprint density at radius 1 is 0.396 bits per heavy atom. The quantitative estimate of drug-likeness (QED) is 0.0333. The SMILES string of the molecule is CCCCC(CC)CC[B-](CCC(CC)CCCC)(CCC(CC)CCCC)CCC(CC)CCCC.CCC[NH+](C)c1c(F)c(F)c(F)c(F)c1F. The van der Waals surface area contributed by atoms with Gasteiger partial charge in [0.15, 0.2) is 0 Å². The van der Waals surface area contributed by atoms with Crippen molar-refractivity contribution in [2.75, 3.05) is 13.6 Å². The highest BCUT2D eigenvalue weighted by Gasteiger charge is 2.31. The molecule has 314 valence electrons. The van der Waals surface area contributed by atoms with Gasteiger partial charge in [-0.3, -0.25) is 4.90 Å². The van der Waals surface area contributed by atoms with Crippen molar-refractivity contribution in [3.05, 3.63) is 29.1 Å². The van der Waals surface area contributed by atoms with Gasteiger partial charge in [-0.25, -0.2) is 13.2 Å². The molecule has 0 saturated heterocycles. The largest absolute Gasteiger partial charge is 0.300 e. The lowest BCUT2D eigenvalue weighted by Crippen LogP contribution is -3.04. The second kappa shape index (κ2) is 31.0. The maximum Gasteiger partial charge on any atom is 0.225 e. The average molecular weight is 760 g/mol. The highest BCUT2D eigenvalue weighted by Crippen LogP contribution is 2.40. The molecule has 1 rings (SSSR count). The summed E-state index contributed by atoms with van der Waals surface area (Å²) in [5.74, 6) is -5.53. The summed E-state index contributed by atoms with van der Waals surface area (Å²) >= 11 is 0. The van der Waals surface area contributed by atoms with Crippen LogP contribution in [-0.2, 0) is 0 Å². The van der Waals surface area contributed by atoms with E-state index >= 15 is 0 Å². The van der Waals surface area contributed by atoms with Gasteiger partial charge in [0.2, 0.25) is 34.8 Å². The van der Waals surface area contributed by atoms with E-state index in [2.05, 4.69) is 55.4 Å². The van der Waals surface area contributed by atoms with E-state index in [1.54, 1.807) is 32.2 Å². The lowest BCUT2D eigenvalue weighted by atomic mass is 9.16. The van der Waals surface area contributed by atoms with Gasteiger partial charge in [-0.05, 0) is 30.1 Å². The third kappa shape index (κ3) is 20.1. The highest BCUT2D eigenvalue weighted by atomic mass is 19.2. The molecule has 0 saturated carbocycles. The zero-order chi connectivity index (χ0) is 40.2. The maximum absolute atomic E-state index is 13.2. The molecule has 5 atom stereocenters. The van der Waals surface area contributed by atoms with Gasteiger partial charge in [0.05, 0.1) is 13.6 Å². The van der Waals surface area contributed by atoms with E-state index in [1.807, 2.05) is 0 Å². The number of benzene rings is 1. The van der Waals surface area contributed by atoms with Gasteiger partial charge in [-0.1, -0.05) is 191 Å². The average Bonchev–Trinajstić information content (AvgIpc) is 3.16. The number of hydrogen-bond donors (Lipinski definition) is 1. The number of nitrogens with one attached hydrogen (secondary N) is 1. The van der Waals surface area contributed by atoms with Crippen molar-refractivity contribution in [2.24, 2.45) is 23.7 Å². The Kier molecular flexibility index (Phi) is 30.4. The third-order valence-corrected chi connectivity index (χ3v) is 13.2. The van der Waals surface area contributed by atoms with Gasteiger partial charge in [-0.15, -0.1) is 0 Å². The Morgan fingerprint density at radius 2 is 0.660 bits per heavy atom. The van der Waals surface area contributed by atoms with E-state index in [-0.39, 0.29) is 17.6 Å². The molecule has 0 radical (unpaired) electrons. The van der Waals surface area contributed by atoms with E-state index in [4.69, 9.17) is 0 Å². The van der Waals surface area contributed by atoms with Crippen molar-refractivity contribution in [2.45, 2.75) is 222 Å². The first-order valence-corrected chi connectivity index (χ1v) is 22.9. The van der Waals surface area contributed by atoms with Crippen LogP contribution < -0.4 is 4.90 Å². The van der Waals surface area contributed by atoms with Crippen molar-refractivity contribution in [3.8, 4) is 0 Å². The Balaban J connectivity index is 0.00000139. The molecule has 0 aliphatic heterocycles. The van der Waals surface area contributed by atoms with E-state index in [1.165, 1.54) is 135 Å². The number of hydrogen-bond acceptors (Lipinski definition) is 0. The molecule has 53 heavy (non-hydrogen) atoms. The fourth-order valence-corrected chi connectivity index (χ4v) is 8.88. The van der Waals surface area contributed by atoms with Gasteiger partial charge >= 0.3 is 0 Å². The molecule has 1 N–H and O–H groups in total. The van der Waals surface area contributed by atoms with Crippen molar-refractivity contribution >= 4 is 11.8 Å². The minimum Gasteiger partial charge on any atom is -0.300 e. The van der Waals surface area contributed by atoms with Gasteiger partial charge in [0, 0.05) is 6.15 Å². The minimum absolute atomic E-state index is 0.148. The molecule has 0 bridgehead atoms. The molecular formula is C46H87BF5N. The van der Waals surface area contributed by atoms with Crippen LogP contribution in [0.25, 0.3) is 0 Å². The van der Waals surface area contributed by atoms with Crippen LogP contribution in [0, 0.1) is 52.8 Å². The predicted octanol–water partition coefficient (Wildman–Crippen LogP) is 15.8. The molecule has 5 unspecified atom stereocenters. The van der Waals surface area contributed by atoms with Gasteiger partial charge in [0.1, 0.15) is 0 Å². The van der Waals surface area contributed by atoms with E-state index in [9.17, 15) is 22.0 Å². The lowest BCUT2D eigenvalue weighted by molar-refractivity contribution is -0.812. The summed E-state index contributed by atoms with van der Waals surface area (Å²) in [7, 11) is 1.35. The minimum atomic E-state index is -2.12. The lowest BCUT2D eigenvalue weighted by Gasteiger charge is -2.44. The molecule has 0 amide bonds. The van der Waals surface area contributed by atoms with Crippen LogP contribution in [0.5, 0.6) is 0 Å². The van der Waals surface area contributed by atoms with Crippen LogP contribution in [0.1, 0.15) is 197 Å². The van der Waals surface area contributed by atoms with Gasteiger partial charge in [0.25, 0.3) is 0 Å². The second-order valence-electron chi connectivity index (χ2n) is 17.2. The summed E-state index contributed by atoms with van der Waals surface area (Å²) in [6, 6.07) is 0. The number of unbranched alkanes of at least 4 members (excludes halogenated alkanes) is 4. The summed E-state index contributed by atoms with van der Waals surface area (Å²) in [5, 5.41) is 0. The Morgan fingerprint density at radius 3 is 0.887 bits per heavy atom. The van der Waals surface area contributed by atoms with E-state index in [0.717, 1.165) is 23.7 Å². The molecule has 0 heterocycles. The van der Waals surface area contributed by atoms with Crippen molar-refractivity contribution < 1.29 is 26.9 Å². The van der Waals surface area contributed by atoms with Gasteiger partial charge in [-0.2, -0.15) is 34.1 Å². The fourth-order valence-electron chi connectivity index (χ4n) is 8.88. The van der Waals surface area contributed by atoms with Crippen LogP contribution in [-0.4, -0.2) is 19.7 Å². The zero-order valence-corrected chi connectivity index (χ0v) is 36.7. The predicted molar refractivity (Wildman–Crippen MR) is 225 cm³/mol. The molecule has 1 aromatic carbocycles. The summed E-state index contributed by atoms with van der Waals surface area (Å²) in [6.07, 6.45) is 35.6. The summed E-state index contributed by atoms with van der Waals surface area (Å²) in [6.45, 7) is 21.4. The number of halogens is 5. The highest BCUT2D eigenvalue weighted by molar-refractivity contribution is 6.79. The molecular weight excluding hydrogens is 672 g/mol. The second-order valence-corrected chi connectivity index (χ2v) is 17.2. The summed E-state index contributed by atoms with van der Waals surface area (Å²) in [5.41, 5.74) is -0.807. The van der Waals surface area contributed by atoms with Crippen LogP contribution in [0.2, 0.25) is 25.3 Å². The van der Waals surface area contributed by atoms with Crippen LogP contribution in [0.15, 0.2) is 0 Å². The standard InChI is InChI=1S/C36H76B.C10H10F5N/c1-9-17-21-33(13-5)25-29-37(30-26-34(14-6)22-18-10-2,31-27-35(15-7)23-19-11-3)32-28-36(16-8)24-20-12-4;1-3-4-16(2)10-8(14)6(12)5(11)7(13)9(10)15/h33-36H,9-32H2,1-8H3;3-4H2,1-2H3/q-1;/p+1. The summed E-state index contributed by atoms with van der Waals surface area (Å²) < 4.78 is 64.8. The first-order valence-electron chi connectivity index (χ1n) is 22.9. The van der Waals surface area contributed by atoms with Crippen molar-refractivity contribution in [1.82, 2.24) is 0 Å². The number of rotatable bonds is 31. The maximum atomic E-state index is 13.2. The summed E-state index contributed by atoms with van der Waals surface area (Å²) in [4.78, 5) is 0.148. The first kappa shape index (κ1) is 51.9. The smallest absolute Gasteiger partial charge is 0.225 e. The van der Waals surface area contributed by atoms with Gasteiger partial charge < -0.3 is 0 Å². The zero-order valence-electron chi connectivity index (χ0n) is 36.7. The molecule has 0 aliphatic rings. The molecule has 0 fully saturated rings. The normalized spacial score (nSPS) is 15.7. The molecule has 0 spiro atoms. The van der Waals surface area contributed by atoms with E-state index < -0.39 is 34.8 Å². The Labute approximate surface area is 326 Å². The van der Waals surface area contributed by atoms with Crippen LogP contribution in [0.3, 0.4) is 0 Å². The molecule has 1 nitrogen and oxygen atoms in total. The van der Waals surface area contributed by atoms with Crippen LogP contribution >= 0.6 is 0 Å². The molecule has 0 aromatic heterocycles. The third-order valence-electron chi connectivity index (χ3n) is 13.2. The Bertz CT molecular complexity index is 921. The Hall–Kier alpha value is -1.11. The first-order chi connectivity index (χ1) is 25.4. The molecule has 7 heteroatoms. The topological polar surface area (TPSA) is 4.44 Å². The van der Waals surface area contributed by atoms with Crippen LogP contribution in [0.4, 0.5) is 27.6 Å². The van der Waals surface area contributed by atoms with Crippen molar-refractivity contribution in [1.29, 1.82) is 0 Å². The fraction of sp³-hybridized carbons (Fsp3) is 0.870. The molecule has 0 aliphatic carbocycles. The molecule has 1 aromatic rings. The van der Waals surface area contributed by atoms with Crippen molar-refractivity contribution in [3.63, 3.8) is 0 Å². The van der Waals surface area contributed by atoms with E-state index in [0.29, 0.717) is 6.42 Å². The number of quaternary nitrogens is 1. The monoisotopic (exact) mass is 760 g/mol.